The fraction of sp³-hybridized carbons (Fsp3) is 0.125. The van der Waals surface area contributed by atoms with E-state index in [2.05, 4.69) is 21.1 Å². The summed E-state index contributed by atoms with van der Waals surface area (Å²) >= 11 is 3.20. The summed E-state index contributed by atoms with van der Waals surface area (Å²) < 4.78 is 0.787. The van der Waals surface area contributed by atoms with Gasteiger partial charge in [-0.1, -0.05) is 21.1 Å². The van der Waals surface area contributed by atoms with Gasteiger partial charge in [0, 0.05) is 10.0 Å². The van der Waals surface area contributed by atoms with Crippen molar-refractivity contribution < 1.29 is 10.3 Å². The Kier molecular flexibility index (Phi) is 2.70. The molecule has 2 N–H and O–H groups in total. The van der Waals surface area contributed by atoms with Crippen molar-refractivity contribution in [2.45, 2.75) is 6.92 Å². The van der Waals surface area contributed by atoms with Crippen molar-refractivity contribution in [3.63, 3.8) is 0 Å². The predicted octanol–water partition coefficient (Wildman–Crippen LogP) is 2.35. The van der Waals surface area contributed by atoms with Crippen LogP contribution in [0.2, 0.25) is 0 Å². The molecule has 0 unspecified atom stereocenters. The first kappa shape index (κ1) is 9.06. The van der Waals surface area contributed by atoms with Crippen LogP contribution in [0.15, 0.2) is 27.8 Å². The van der Waals surface area contributed by atoms with Crippen molar-refractivity contribution >= 4 is 21.6 Å². The summed E-state index contributed by atoms with van der Waals surface area (Å²) in [6.45, 7) is 1.61. The Morgan fingerprint density at radius 1 is 1.50 bits per heavy atom. The lowest BCUT2D eigenvalue weighted by Gasteiger charge is -2.01. The zero-order valence-electron chi connectivity index (χ0n) is 6.45. The van der Waals surface area contributed by atoms with Crippen LogP contribution in [0.5, 0.6) is 5.75 Å². The molecule has 0 aliphatic heterocycles. The number of phenolic OH excluding ortho intramolecular Hbond substituents is 1. The number of phenols is 1. The summed E-state index contributed by atoms with van der Waals surface area (Å²) in [5.74, 6) is 0.0969. The lowest BCUT2D eigenvalue weighted by molar-refractivity contribution is 0.318. The molecule has 0 aromatic heterocycles. The number of aromatic hydroxyl groups is 1. The maximum absolute atomic E-state index is 9.37. The third kappa shape index (κ3) is 1.76. The van der Waals surface area contributed by atoms with Gasteiger partial charge in [-0.25, -0.2) is 0 Å². The first-order valence-electron chi connectivity index (χ1n) is 3.32. The quantitative estimate of drug-likeness (QED) is 0.442. The van der Waals surface area contributed by atoms with Gasteiger partial charge in [0.1, 0.15) is 5.75 Å². The summed E-state index contributed by atoms with van der Waals surface area (Å²) in [5, 5.41) is 20.8. The van der Waals surface area contributed by atoms with Crippen LogP contribution in [0, 0.1) is 0 Å². The molecule has 1 aromatic rings. The van der Waals surface area contributed by atoms with Crippen molar-refractivity contribution in [1.82, 2.24) is 0 Å². The van der Waals surface area contributed by atoms with Crippen LogP contribution in [0.4, 0.5) is 0 Å². The maximum Gasteiger partial charge on any atom is 0.125 e. The molecule has 0 saturated heterocycles. The third-order valence-corrected chi connectivity index (χ3v) is 1.99. The predicted molar refractivity (Wildman–Crippen MR) is 49.8 cm³/mol. The van der Waals surface area contributed by atoms with Gasteiger partial charge in [0.25, 0.3) is 0 Å². The molecule has 0 atom stereocenters. The van der Waals surface area contributed by atoms with E-state index in [1.54, 1.807) is 25.1 Å². The molecule has 0 saturated carbocycles. The summed E-state index contributed by atoms with van der Waals surface area (Å²) in [6.07, 6.45) is 0. The first-order chi connectivity index (χ1) is 5.65. The SMILES string of the molecule is CC(=NO)c1ccc(Br)cc1O. The average molecular weight is 230 g/mol. The molecule has 1 rings (SSSR count). The Morgan fingerprint density at radius 3 is 2.67 bits per heavy atom. The number of hydrogen-bond donors (Lipinski definition) is 2. The molecule has 0 amide bonds. The standard InChI is InChI=1S/C8H8BrNO2/c1-5(10-12)7-3-2-6(9)4-8(7)11/h2-4,11-12H,1H3. The third-order valence-electron chi connectivity index (χ3n) is 1.50. The molecule has 12 heavy (non-hydrogen) atoms. The van der Waals surface area contributed by atoms with Gasteiger partial charge >= 0.3 is 0 Å². The minimum Gasteiger partial charge on any atom is -0.507 e. The van der Waals surface area contributed by atoms with Crippen molar-refractivity contribution in [2.24, 2.45) is 5.16 Å². The molecular formula is C8H8BrNO2. The second kappa shape index (κ2) is 3.58. The topological polar surface area (TPSA) is 52.8 Å². The summed E-state index contributed by atoms with van der Waals surface area (Å²) in [6, 6.07) is 4.99. The maximum atomic E-state index is 9.37. The molecule has 4 heteroatoms. The number of benzene rings is 1. The van der Waals surface area contributed by atoms with Gasteiger partial charge in [-0.2, -0.15) is 0 Å². The minimum absolute atomic E-state index is 0.0969. The lowest BCUT2D eigenvalue weighted by atomic mass is 10.1. The largest absolute Gasteiger partial charge is 0.507 e. The van der Waals surface area contributed by atoms with Gasteiger partial charge in [0.05, 0.1) is 5.71 Å². The Bertz CT molecular complexity index is 323. The van der Waals surface area contributed by atoms with Gasteiger partial charge in [-0.3, -0.25) is 0 Å². The van der Waals surface area contributed by atoms with Crippen LogP contribution in [-0.2, 0) is 0 Å². The minimum atomic E-state index is 0.0969. The molecule has 0 heterocycles. The average Bonchev–Trinajstić information content (AvgIpc) is 2.03. The first-order valence-corrected chi connectivity index (χ1v) is 4.12. The molecule has 64 valence electrons. The summed E-state index contributed by atoms with van der Waals surface area (Å²) in [4.78, 5) is 0. The van der Waals surface area contributed by atoms with E-state index >= 15 is 0 Å². The lowest BCUT2D eigenvalue weighted by Crippen LogP contribution is -1.94. The van der Waals surface area contributed by atoms with Gasteiger partial charge in [0.15, 0.2) is 0 Å². The van der Waals surface area contributed by atoms with Crippen LogP contribution in [0.3, 0.4) is 0 Å². The number of halogens is 1. The Hall–Kier alpha value is -1.03. The van der Waals surface area contributed by atoms with Crippen molar-refractivity contribution in [3.8, 4) is 5.75 Å². The number of oxime groups is 1. The van der Waals surface area contributed by atoms with Crippen molar-refractivity contribution in [1.29, 1.82) is 0 Å². The van der Waals surface area contributed by atoms with E-state index in [0.717, 1.165) is 4.47 Å². The summed E-state index contributed by atoms with van der Waals surface area (Å²) in [7, 11) is 0. The van der Waals surface area contributed by atoms with Crippen LogP contribution in [-0.4, -0.2) is 16.0 Å². The molecule has 0 radical (unpaired) electrons. The highest BCUT2D eigenvalue weighted by Gasteiger charge is 2.04. The van der Waals surface area contributed by atoms with Crippen LogP contribution < -0.4 is 0 Å². The number of hydrogen-bond acceptors (Lipinski definition) is 3. The Balaban J connectivity index is 3.18. The molecule has 0 aliphatic rings. The van der Waals surface area contributed by atoms with Gasteiger partial charge < -0.3 is 10.3 Å². The molecule has 0 fully saturated rings. The van der Waals surface area contributed by atoms with Crippen LogP contribution in [0.25, 0.3) is 0 Å². The van der Waals surface area contributed by atoms with Crippen LogP contribution in [0.1, 0.15) is 12.5 Å². The van der Waals surface area contributed by atoms with E-state index in [1.807, 2.05) is 0 Å². The molecule has 0 bridgehead atoms. The normalized spacial score (nSPS) is 11.7. The van der Waals surface area contributed by atoms with E-state index < -0.39 is 0 Å². The molecule has 0 aliphatic carbocycles. The highest BCUT2D eigenvalue weighted by Crippen LogP contribution is 2.22. The van der Waals surface area contributed by atoms with Crippen molar-refractivity contribution in [3.05, 3.63) is 28.2 Å². The second-order valence-electron chi connectivity index (χ2n) is 2.35. The highest BCUT2D eigenvalue weighted by molar-refractivity contribution is 9.10. The van der Waals surface area contributed by atoms with E-state index in [1.165, 1.54) is 0 Å². The zero-order chi connectivity index (χ0) is 9.14. The molecule has 3 nitrogen and oxygen atoms in total. The summed E-state index contributed by atoms with van der Waals surface area (Å²) in [5.41, 5.74) is 0.917. The fourth-order valence-electron chi connectivity index (χ4n) is 0.865. The highest BCUT2D eigenvalue weighted by atomic mass is 79.9. The van der Waals surface area contributed by atoms with Gasteiger partial charge in [-0.05, 0) is 25.1 Å². The van der Waals surface area contributed by atoms with Gasteiger partial charge in [0.2, 0.25) is 0 Å². The number of rotatable bonds is 1. The van der Waals surface area contributed by atoms with Crippen molar-refractivity contribution in [2.75, 3.05) is 0 Å². The Morgan fingerprint density at radius 2 is 2.17 bits per heavy atom. The molecular weight excluding hydrogens is 222 g/mol. The van der Waals surface area contributed by atoms with Gasteiger partial charge in [-0.15, -0.1) is 0 Å². The second-order valence-corrected chi connectivity index (χ2v) is 3.26. The molecule has 1 aromatic carbocycles. The molecule has 0 spiro atoms. The zero-order valence-corrected chi connectivity index (χ0v) is 8.04. The number of nitrogens with zero attached hydrogens (tertiary/aromatic N) is 1. The fourth-order valence-corrected chi connectivity index (χ4v) is 1.21. The Labute approximate surface area is 78.5 Å². The van der Waals surface area contributed by atoms with Crippen LogP contribution >= 0.6 is 15.9 Å². The van der Waals surface area contributed by atoms with E-state index in [0.29, 0.717) is 11.3 Å². The van der Waals surface area contributed by atoms with E-state index in [4.69, 9.17) is 5.21 Å². The monoisotopic (exact) mass is 229 g/mol. The van der Waals surface area contributed by atoms with E-state index in [-0.39, 0.29) is 5.75 Å². The smallest absolute Gasteiger partial charge is 0.125 e. The van der Waals surface area contributed by atoms with E-state index in [9.17, 15) is 5.11 Å².